The van der Waals surface area contributed by atoms with Gasteiger partial charge in [-0.2, -0.15) is 0 Å². The van der Waals surface area contributed by atoms with Crippen LogP contribution < -0.4 is 4.74 Å². The van der Waals surface area contributed by atoms with Crippen LogP contribution in [-0.2, 0) is 6.61 Å². The zero-order valence-corrected chi connectivity index (χ0v) is 10.1. The molecule has 1 heterocycles. The van der Waals surface area contributed by atoms with Crippen LogP contribution in [0.4, 0.5) is 4.39 Å². The molecule has 4 nitrogen and oxygen atoms in total. The van der Waals surface area contributed by atoms with Crippen molar-refractivity contribution in [2.24, 2.45) is 0 Å². The third-order valence-corrected chi connectivity index (χ3v) is 2.39. The number of nitrogens with zero attached hydrogens (tertiary/aromatic N) is 1. The molecule has 0 saturated carbocycles. The monoisotopic (exact) mass is 249 g/mol. The number of ether oxygens (including phenoxy) is 1. The smallest absolute Gasteiger partial charge is 0.174 e. The molecular formula is C13H12FNO3. The third-order valence-electron chi connectivity index (χ3n) is 2.39. The second-order valence-corrected chi connectivity index (χ2v) is 3.92. The Labute approximate surface area is 103 Å². The maximum Gasteiger partial charge on any atom is 0.174 e. The van der Waals surface area contributed by atoms with Crippen LogP contribution in [-0.4, -0.2) is 10.9 Å². The minimum absolute atomic E-state index is 0.0778. The highest BCUT2D eigenvalue weighted by Gasteiger charge is 2.09. The number of hydrogen-bond acceptors (Lipinski definition) is 4. The van der Waals surface area contributed by atoms with Crippen LogP contribution in [0.25, 0.3) is 0 Å². The number of Topliss-reactive ketones (excluding diaryl/α,β-unsaturated/α-hetero) is 1. The fraction of sp³-hybridized carbons (Fsp3) is 0.231. The van der Waals surface area contributed by atoms with Crippen molar-refractivity contribution in [1.82, 2.24) is 5.16 Å². The Hall–Kier alpha value is -2.17. The number of halogens is 1. The van der Waals surface area contributed by atoms with Gasteiger partial charge < -0.3 is 9.26 Å². The summed E-state index contributed by atoms with van der Waals surface area (Å²) in [7, 11) is 0. The van der Waals surface area contributed by atoms with Crippen LogP contribution in [0.5, 0.6) is 5.75 Å². The first-order valence-corrected chi connectivity index (χ1v) is 5.42. The highest BCUT2D eigenvalue weighted by atomic mass is 19.1. The van der Waals surface area contributed by atoms with E-state index in [2.05, 4.69) is 5.16 Å². The van der Waals surface area contributed by atoms with Gasteiger partial charge in [0, 0.05) is 11.6 Å². The van der Waals surface area contributed by atoms with Gasteiger partial charge in [0.15, 0.2) is 23.1 Å². The van der Waals surface area contributed by atoms with Gasteiger partial charge in [-0.25, -0.2) is 4.39 Å². The van der Waals surface area contributed by atoms with E-state index in [-0.39, 0.29) is 18.1 Å². The number of carbonyl (C=O) groups is 1. The topological polar surface area (TPSA) is 52.3 Å². The maximum atomic E-state index is 13.6. The summed E-state index contributed by atoms with van der Waals surface area (Å²) < 4.78 is 23.8. The molecule has 2 rings (SSSR count). The average Bonchev–Trinajstić information content (AvgIpc) is 2.73. The summed E-state index contributed by atoms with van der Waals surface area (Å²) in [4.78, 5) is 11.1. The van der Waals surface area contributed by atoms with Gasteiger partial charge in [0.1, 0.15) is 6.61 Å². The predicted molar refractivity (Wildman–Crippen MR) is 62.0 cm³/mol. The van der Waals surface area contributed by atoms with Crippen molar-refractivity contribution >= 4 is 5.78 Å². The van der Waals surface area contributed by atoms with Crippen LogP contribution >= 0.6 is 0 Å². The van der Waals surface area contributed by atoms with Crippen LogP contribution in [0, 0.1) is 12.7 Å². The molecule has 18 heavy (non-hydrogen) atoms. The molecule has 5 heteroatoms. The lowest BCUT2D eigenvalue weighted by atomic mass is 10.1. The van der Waals surface area contributed by atoms with Crippen molar-refractivity contribution in [3.8, 4) is 5.75 Å². The Morgan fingerprint density at radius 1 is 1.44 bits per heavy atom. The molecular weight excluding hydrogens is 237 g/mol. The molecule has 0 unspecified atom stereocenters. The van der Waals surface area contributed by atoms with E-state index in [1.807, 2.05) is 0 Å². The molecule has 0 fully saturated rings. The van der Waals surface area contributed by atoms with Crippen molar-refractivity contribution < 1.29 is 18.4 Å². The summed E-state index contributed by atoms with van der Waals surface area (Å²) in [5.74, 6) is -0.165. The first-order valence-electron chi connectivity index (χ1n) is 5.42. The molecule has 0 amide bonds. The summed E-state index contributed by atoms with van der Waals surface area (Å²) in [5, 5.41) is 3.70. The van der Waals surface area contributed by atoms with E-state index in [0.29, 0.717) is 11.3 Å². The quantitative estimate of drug-likeness (QED) is 0.782. The van der Waals surface area contributed by atoms with Gasteiger partial charge >= 0.3 is 0 Å². The maximum absolute atomic E-state index is 13.6. The van der Waals surface area contributed by atoms with E-state index in [1.165, 1.54) is 19.1 Å². The minimum atomic E-state index is -0.570. The summed E-state index contributed by atoms with van der Waals surface area (Å²) in [5.41, 5.74) is 1.05. The number of aromatic nitrogens is 1. The Balaban J connectivity index is 2.08. The van der Waals surface area contributed by atoms with Crippen molar-refractivity contribution in [3.05, 3.63) is 47.1 Å². The zero-order valence-electron chi connectivity index (χ0n) is 10.1. The van der Waals surface area contributed by atoms with E-state index >= 15 is 0 Å². The predicted octanol–water partition coefficient (Wildman–Crippen LogP) is 2.90. The molecule has 0 atom stereocenters. The highest BCUT2D eigenvalue weighted by Crippen LogP contribution is 2.20. The summed E-state index contributed by atoms with van der Waals surface area (Å²) >= 11 is 0. The van der Waals surface area contributed by atoms with E-state index in [1.54, 1.807) is 13.0 Å². The van der Waals surface area contributed by atoms with Crippen molar-refractivity contribution in [1.29, 1.82) is 0 Å². The van der Waals surface area contributed by atoms with Crippen molar-refractivity contribution in [3.63, 3.8) is 0 Å². The van der Waals surface area contributed by atoms with Gasteiger partial charge in [-0.15, -0.1) is 0 Å². The molecule has 1 aromatic carbocycles. The van der Waals surface area contributed by atoms with Crippen LogP contribution in [0.2, 0.25) is 0 Å². The minimum Gasteiger partial charge on any atom is -0.482 e. The molecule has 0 aliphatic rings. The highest BCUT2D eigenvalue weighted by molar-refractivity contribution is 5.94. The van der Waals surface area contributed by atoms with E-state index < -0.39 is 5.82 Å². The number of aryl methyl sites for hydroxylation is 1. The average molecular weight is 249 g/mol. The fourth-order valence-corrected chi connectivity index (χ4v) is 1.47. The first-order chi connectivity index (χ1) is 8.56. The Bertz CT molecular complexity index is 577. The molecule has 0 aliphatic heterocycles. The van der Waals surface area contributed by atoms with Crippen LogP contribution in [0.15, 0.2) is 28.8 Å². The molecule has 0 saturated heterocycles. The number of hydrogen-bond donors (Lipinski definition) is 0. The summed E-state index contributed by atoms with van der Waals surface area (Å²) in [6, 6.07) is 5.81. The lowest BCUT2D eigenvalue weighted by Crippen LogP contribution is -1.99. The van der Waals surface area contributed by atoms with Crippen molar-refractivity contribution in [2.75, 3.05) is 0 Å². The van der Waals surface area contributed by atoms with E-state index in [9.17, 15) is 9.18 Å². The second kappa shape index (κ2) is 5.00. The van der Waals surface area contributed by atoms with Gasteiger partial charge in [0.05, 0.1) is 5.69 Å². The third kappa shape index (κ3) is 2.74. The van der Waals surface area contributed by atoms with Crippen LogP contribution in [0.1, 0.15) is 28.7 Å². The molecule has 0 radical (unpaired) electrons. The van der Waals surface area contributed by atoms with Crippen LogP contribution in [0.3, 0.4) is 0 Å². The lowest BCUT2D eigenvalue weighted by Gasteiger charge is -2.05. The number of rotatable bonds is 4. The number of benzene rings is 1. The second-order valence-electron chi connectivity index (χ2n) is 3.92. The van der Waals surface area contributed by atoms with Gasteiger partial charge in [0.2, 0.25) is 0 Å². The molecule has 0 spiro atoms. The Morgan fingerprint density at radius 3 is 2.78 bits per heavy atom. The van der Waals surface area contributed by atoms with Gasteiger partial charge in [-0.3, -0.25) is 4.79 Å². The number of ketones is 1. The standard InChI is InChI=1S/C13H12FNO3/c1-8-5-11(18-15-8)7-17-13-4-3-10(9(2)16)6-12(13)14/h3-6H,7H2,1-2H3. The molecule has 94 valence electrons. The molecule has 0 aliphatic carbocycles. The molecule has 1 aromatic heterocycles. The first kappa shape index (κ1) is 12.3. The fourth-order valence-electron chi connectivity index (χ4n) is 1.47. The van der Waals surface area contributed by atoms with Crippen molar-refractivity contribution in [2.45, 2.75) is 20.5 Å². The molecule has 0 N–H and O–H groups in total. The van der Waals surface area contributed by atoms with Gasteiger partial charge in [-0.1, -0.05) is 5.16 Å². The summed E-state index contributed by atoms with van der Waals surface area (Å²) in [6.45, 7) is 3.26. The SMILES string of the molecule is CC(=O)c1ccc(OCc2cc(C)no2)c(F)c1. The molecule has 0 bridgehead atoms. The summed E-state index contributed by atoms with van der Waals surface area (Å²) in [6.07, 6.45) is 0. The Kier molecular flexibility index (Phi) is 3.41. The van der Waals surface area contributed by atoms with Gasteiger partial charge in [0.25, 0.3) is 0 Å². The normalized spacial score (nSPS) is 10.4. The van der Waals surface area contributed by atoms with E-state index in [0.717, 1.165) is 11.8 Å². The Morgan fingerprint density at radius 2 is 2.22 bits per heavy atom. The van der Waals surface area contributed by atoms with E-state index in [4.69, 9.17) is 9.26 Å². The number of carbonyl (C=O) groups excluding carboxylic acids is 1. The van der Waals surface area contributed by atoms with Gasteiger partial charge in [-0.05, 0) is 32.0 Å². The zero-order chi connectivity index (χ0) is 13.1. The molecule has 2 aromatic rings. The largest absolute Gasteiger partial charge is 0.482 e. The lowest BCUT2D eigenvalue weighted by molar-refractivity contribution is 0.101.